The first-order valence-electron chi connectivity index (χ1n) is 9.70. The van der Waals surface area contributed by atoms with Crippen LogP contribution in [0.5, 0.6) is 5.75 Å². The van der Waals surface area contributed by atoms with E-state index in [2.05, 4.69) is 5.32 Å². The van der Waals surface area contributed by atoms with Crippen molar-refractivity contribution in [3.05, 3.63) is 64.7 Å². The number of amides is 2. The smallest absolute Gasteiger partial charge is 0.317 e. The monoisotopic (exact) mass is 451 g/mol. The van der Waals surface area contributed by atoms with Crippen LogP contribution in [0.2, 0.25) is 5.02 Å². The number of sulfonamides is 1. The highest BCUT2D eigenvalue weighted by atomic mass is 35.5. The maximum Gasteiger partial charge on any atom is 0.317 e. The summed E-state index contributed by atoms with van der Waals surface area (Å²) < 4.78 is 28.6. The number of para-hydroxylation sites is 1. The van der Waals surface area contributed by atoms with Crippen molar-refractivity contribution in [2.24, 2.45) is 17.0 Å². The molecule has 2 atom stereocenters. The van der Waals surface area contributed by atoms with E-state index in [4.69, 9.17) is 21.5 Å². The Bertz CT molecular complexity index is 999. The van der Waals surface area contributed by atoms with E-state index in [1.807, 2.05) is 43.3 Å². The maximum absolute atomic E-state index is 12.6. The van der Waals surface area contributed by atoms with Crippen LogP contribution in [0.1, 0.15) is 18.1 Å². The normalized spacial score (nSPS) is 19.0. The highest BCUT2D eigenvalue weighted by Gasteiger charge is 2.34. The molecule has 0 aliphatic carbocycles. The van der Waals surface area contributed by atoms with Gasteiger partial charge in [0.2, 0.25) is 10.0 Å². The van der Waals surface area contributed by atoms with Crippen LogP contribution in [0.3, 0.4) is 0 Å². The molecule has 0 aromatic heterocycles. The predicted molar refractivity (Wildman–Crippen MR) is 117 cm³/mol. The molecule has 30 heavy (non-hydrogen) atoms. The summed E-state index contributed by atoms with van der Waals surface area (Å²) in [6, 6.07) is 14.7. The van der Waals surface area contributed by atoms with E-state index in [0.29, 0.717) is 37.0 Å². The van der Waals surface area contributed by atoms with Crippen LogP contribution in [0.15, 0.2) is 48.5 Å². The van der Waals surface area contributed by atoms with E-state index < -0.39 is 10.0 Å². The SMILES string of the molecule is C[C@@H]1CN(C(=O)NCc2ccccc2COc2ccccc2Cl)C[C@H]1CS(N)(=O)=O. The second-order valence-electron chi connectivity index (χ2n) is 7.62. The molecule has 1 saturated heterocycles. The van der Waals surface area contributed by atoms with Gasteiger partial charge in [0.25, 0.3) is 0 Å². The van der Waals surface area contributed by atoms with Gasteiger partial charge in [0, 0.05) is 19.6 Å². The third-order valence-electron chi connectivity index (χ3n) is 5.27. The summed E-state index contributed by atoms with van der Waals surface area (Å²) in [6.07, 6.45) is 0. The number of nitrogens with one attached hydrogen (secondary N) is 1. The first kappa shape index (κ1) is 22.4. The largest absolute Gasteiger partial charge is 0.487 e. The predicted octanol–water partition coefficient (Wildman–Crippen LogP) is 2.99. The Labute approximate surface area is 182 Å². The van der Waals surface area contributed by atoms with Crippen molar-refractivity contribution >= 4 is 27.7 Å². The molecule has 1 aliphatic rings. The highest BCUT2D eigenvalue weighted by Crippen LogP contribution is 2.25. The Balaban J connectivity index is 1.57. The lowest BCUT2D eigenvalue weighted by Gasteiger charge is -2.18. The van der Waals surface area contributed by atoms with Gasteiger partial charge in [-0.3, -0.25) is 0 Å². The average Bonchev–Trinajstić information content (AvgIpc) is 3.05. The number of carbonyl (C=O) groups is 1. The van der Waals surface area contributed by atoms with Gasteiger partial charge in [-0.1, -0.05) is 54.9 Å². The number of primary sulfonamides is 1. The van der Waals surface area contributed by atoms with Crippen LogP contribution in [-0.2, 0) is 23.2 Å². The van der Waals surface area contributed by atoms with Gasteiger partial charge in [0.05, 0.1) is 10.8 Å². The van der Waals surface area contributed by atoms with Crippen LogP contribution >= 0.6 is 11.6 Å². The molecule has 0 bridgehead atoms. The molecule has 1 fully saturated rings. The van der Waals surface area contributed by atoms with Gasteiger partial charge in [0.1, 0.15) is 12.4 Å². The quantitative estimate of drug-likeness (QED) is 0.675. The first-order valence-corrected chi connectivity index (χ1v) is 11.8. The third-order valence-corrected chi connectivity index (χ3v) is 6.47. The van der Waals surface area contributed by atoms with E-state index in [-0.39, 0.29) is 23.6 Å². The number of hydrogen-bond donors (Lipinski definition) is 2. The van der Waals surface area contributed by atoms with Crippen molar-refractivity contribution < 1.29 is 17.9 Å². The van der Waals surface area contributed by atoms with Gasteiger partial charge in [-0.25, -0.2) is 18.4 Å². The third kappa shape index (κ3) is 6.10. The standard InChI is InChI=1S/C21H26ClN3O4S/c1-15-11-25(12-18(15)14-30(23,27)28)21(26)24-10-16-6-2-3-7-17(16)13-29-20-9-5-4-8-19(20)22/h2-9,15,18H,10-14H2,1H3,(H,24,26)(H2,23,27,28)/t15-,18+/m1/s1. The minimum absolute atomic E-state index is 0.0744. The molecular formula is C21H26ClN3O4S. The molecule has 3 N–H and O–H groups in total. The number of rotatable bonds is 7. The zero-order valence-corrected chi connectivity index (χ0v) is 18.3. The summed E-state index contributed by atoms with van der Waals surface area (Å²) in [5.41, 5.74) is 1.88. The maximum atomic E-state index is 12.6. The molecule has 0 saturated carbocycles. The van der Waals surface area contributed by atoms with Crippen molar-refractivity contribution in [1.82, 2.24) is 10.2 Å². The number of nitrogens with zero attached hydrogens (tertiary/aromatic N) is 1. The van der Waals surface area contributed by atoms with Crippen LogP contribution in [0.25, 0.3) is 0 Å². The van der Waals surface area contributed by atoms with Crippen molar-refractivity contribution in [3.63, 3.8) is 0 Å². The summed E-state index contributed by atoms with van der Waals surface area (Å²) >= 11 is 6.14. The van der Waals surface area contributed by atoms with Crippen LogP contribution in [0.4, 0.5) is 4.79 Å². The average molecular weight is 452 g/mol. The number of benzene rings is 2. The van der Waals surface area contributed by atoms with E-state index >= 15 is 0 Å². The van der Waals surface area contributed by atoms with Crippen molar-refractivity contribution in [3.8, 4) is 5.75 Å². The molecule has 162 valence electrons. The first-order chi connectivity index (χ1) is 14.2. The summed E-state index contributed by atoms with van der Waals surface area (Å²) in [5, 5.41) is 8.62. The molecule has 1 heterocycles. The molecule has 1 aliphatic heterocycles. The number of halogens is 1. The summed E-state index contributed by atoms with van der Waals surface area (Å²) in [5.74, 6) is 0.414. The van der Waals surface area contributed by atoms with E-state index in [1.54, 1.807) is 17.0 Å². The second-order valence-corrected chi connectivity index (χ2v) is 9.68. The van der Waals surface area contributed by atoms with Crippen LogP contribution in [0, 0.1) is 11.8 Å². The van der Waals surface area contributed by atoms with E-state index in [1.165, 1.54) is 0 Å². The van der Waals surface area contributed by atoms with Crippen LogP contribution in [-0.4, -0.2) is 38.2 Å². The number of nitrogens with two attached hydrogens (primary N) is 1. The summed E-state index contributed by atoms with van der Waals surface area (Å²) in [6.45, 7) is 3.48. The lowest BCUT2D eigenvalue weighted by atomic mass is 10.0. The Morgan fingerprint density at radius 1 is 1.17 bits per heavy atom. The Hall–Kier alpha value is -2.29. The highest BCUT2D eigenvalue weighted by molar-refractivity contribution is 7.89. The lowest BCUT2D eigenvalue weighted by molar-refractivity contribution is 0.206. The number of likely N-dealkylation sites (tertiary alicyclic amines) is 1. The van der Waals surface area contributed by atoms with Crippen molar-refractivity contribution in [1.29, 1.82) is 0 Å². The fraction of sp³-hybridized carbons (Fsp3) is 0.381. The van der Waals surface area contributed by atoms with Gasteiger partial charge in [-0.15, -0.1) is 0 Å². The molecule has 2 aromatic carbocycles. The number of urea groups is 1. The summed E-state index contributed by atoms with van der Waals surface area (Å²) in [4.78, 5) is 14.2. The fourth-order valence-corrected chi connectivity index (χ4v) is 4.81. The van der Waals surface area contributed by atoms with Gasteiger partial charge in [-0.05, 0) is 35.1 Å². The zero-order valence-electron chi connectivity index (χ0n) is 16.8. The molecule has 2 amide bonds. The second kappa shape index (κ2) is 9.68. The Morgan fingerprint density at radius 2 is 1.83 bits per heavy atom. The Kier molecular flexibility index (Phi) is 7.23. The van der Waals surface area contributed by atoms with Crippen molar-refractivity contribution in [2.75, 3.05) is 18.8 Å². The molecule has 2 aromatic rings. The molecular weight excluding hydrogens is 426 g/mol. The molecule has 9 heteroatoms. The fourth-order valence-electron chi connectivity index (χ4n) is 3.59. The van der Waals surface area contributed by atoms with Crippen LogP contribution < -0.4 is 15.2 Å². The minimum Gasteiger partial charge on any atom is -0.487 e. The molecule has 0 unspecified atom stereocenters. The summed E-state index contributed by atoms with van der Waals surface area (Å²) in [7, 11) is -3.56. The zero-order chi connectivity index (χ0) is 21.7. The van der Waals surface area contributed by atoms with Gasteiger partial charge < -0.3 is 15.0 Å². The molecule has 0 spiro atoms. The van der Waals surface area contributed by atoms with E-state index in [0.717, 1.165) is 11.1 Å². The topological polar surface area (TPSA) is 102 Å². The number of hydrogen-bond acceptors (Lipinski definition) is 4. The lowest BCUT2D eigenvalue weighted by Crippen LogP contribution is -2.38. The van der Waals surface area contributed by atoms with Gasteiger partial charge in [-0.2, -0.15) is 0 Å². The minimum atomic E-state index is -3.56. The van der Waals surface area contributed by atoms with Crippen molar-refractivity contribution in [2.45, 2.75) is 20.1 Å². The van der Waals surface area contributed by atoms with Gasteiger partial charge >= 0.3 is 6.03 Å². The van der Waals surface area contributed by atoms with E-state index in [9.17, 15) is 13.2 Å². The van der Waals surface area contributed by atoms with Gasteiger partial charge in [0.15, 0.2) is 0 Å². The number of carbonyl (C=O) groups excluding carboxylic acids is 1. The molecule has 0 radical (unpaired) electrons. The number of ether oxygens (including phenoxy) is 1. The molecule has 7 nitrogen and oxygen atoms in total. The molecule has 3 rings (SSSR count). The Morgan fingerprint density at radius 3 is 2.53 bits per heavy atom.